The van der Waals surface area contributed by atoms with Crippen molar-refractivity contribution in [2.24, 2.45) is 0 Å². The van der Waals surface area contributed by atoms with Gasteiger partial charge in [0, 0.05) is 11.3 Å². The first-order valence-corrected chi connectivity index (χ1v) is 7.35. The molecule has 1 amide bonds. The van der Waals surface area contributed by atoms with Gasteiger partial charge in [-0.25, -0.2) is 9.67 Å². The summed E-state index contributed by atoms with van der Waals surface area (Å²) in [6, 6.07) is 9.55. The summed E-state index contributed by atoms with van der Waals surface area (Å²) >= 11 is 5.55. The van der Waals surface area contributed by atoms with Crippen LogP contribution in [0.1, 0.15) is 15.9 Å². The lowest BCUT2D eigenvalue weighted by atomic mass is 10.1. The number of anilines is 1. The number of amides is 1. The summed E-state index contributed by atoms with van der Waals surface area (Å²) in [5.74, 6) is -0.541. The van der Waals surface area contributed by atoms with Crippen molar-refractivity contribution in [3.63, 3.8) is 0 Å². The zero-order chi connectivity index (χ0) is 18.0. The minimum Gasteiger partial charge on any atom is -0.322 e. The van der Waals surface area contributed by atoms with Crippen molar-refractivity contribution < 1.29 is 18.0 Å². The Labute approximate surface area is 145 Å². The minimum atomic E-state index is -4.60. The van der Waals surface area contributed by atoms with Crippen molar-refractivity contribution in [3.05, 3.63) is 71.3 Å². The molecule has 3 rings (SSSR count). The predicted molar refractivity (Wildman–Crippen MR) is 85.8 cm³/mol. The predicted octanol–water partition coefficient (Wildman–Crippen LogP) is 4.19. The Hall–Kier alpha value is -2.87. The van der Waals surface area contributed by atoms with E-state index in [2.05, 4.69) is 15.4 Å². The molecule has 0 spiro atoms. The number of aromatic nitrogens is 3. The van der Waals surface area contributed by atoms with Crippen LogP contribution in [-0.4, -0.2) is 20.7 Å². The summed E-state index contributed by atoms with van der Waals surface area (Å²) in [7, 11) is 0. The number of benzene rings is 2. The number of carbonyl (C=O) groups excluding carboxylic acids is 1. The molecule has 1 N–H and O–H groups in total. The molecule has 0 saturated heterocycles. The van der Waals surface area contributed by atoms with Crippen LogP contribution in [0.4, 0.5) is 18.9 Å². The molecule has 0 unspecified atom stereocenters. The van der Waals surface area contributed by atoms with E-state index in [1.807, 2.05) is 0 Å². The molecule has 5 nitrogen and oxygen atoms in total. The highest BCUT2D eigenvalue weighted by Crippen LogP contribution is 2.36. The normalized spacial score (nSPS) is 11.4. The second-order valence-electron chi connectivity index (χ2n) is 5.03. The summed E-state index contributed by atoms with van der Waals surface area (Å²) in [6.07, 6.45) is -1.72. The highest BCUT2D eigenvalue weighted by molar-refractivity contribution is 6.31. The van der Waals surface area contributed by atoms with E-state index in [1.54, 1.807) is 12.1 Å². The highest BCUT2D eigenvalue weighted by atomic mass is 35.5. The Morgan fingerprint density at radius 3 is 2.44 bits per heavy atom. The lowest BCUT2D eigenvalue weighted by Gasteiger charge is -2.12. The van der Waals surface area contributed by atoms with Gasteiger partial charge in [-0.3, -0.25) is 4.79 Å². The van der Waals surface area contributed by atoms with E-state index in [4.69, 9.17) is 11.6 Å². The highest BCUT2D eigenvalue weighted by Gasteiger charge is 2.33. The van der Waals surface area contributed by atoms with E-state index >= 15 is 0 Å². The van der Waals surface area contributed by atoms with Crippen molar-refractivity contribution in [1.29, 1.82) is 0 Å². The number of halogens is 4. The molecule has 25 heavy (non-hydrogen) atoms. The molecule has 0 aliphatic carbocycles. The van der Waals surface area contributed by atoms with Crippen molar-refractivity contribution >= 4 is 23.2 Å². The molecule has 3 aromatic rings. The maximum absolute atomic E-state index is 12.9. The van der Waals surface area contributed by atoms with Crippen LogP contribution in [0.2, 0.25) is 5.02 Å². The third-order valence-corrected chi connectivity index (χ3v) is 3.67. The summed E-state index contributed by atoms with van der Waals surface area (Å²) in [5, 5.41) is 5.95. The Morgan fingerprint density at radius 1 is 1.12 bits per heavy atom. The van der Waals surface area contributed by atoms with Gasteiger partial charge in [0.25, 0.3) is 5.91 Å². The average molecular weight is 367 g/mol. The van der Waals surface area contributed by atoms with E-state index in [0.717, 1.165) is 12.1 Å². The second kappa shape index (κ2) is 6.56. The summed E-state index contributed by atoms with van der Waals surface area (Å²) in [6.45, 7) is 0. The maximum Gasteiger partial charge on any atom is 0.417 e. The zero-order valence-electron chi connectivity index (χ0n) is 12.5. The first kappa shape index (κ1) is 17.0. The van der Waals surface area contributed by atoms with Gasteiger partial charge < -0.3 is 5.32 Å². The van der Waals surface area contributed by atoms with Gasteiger partial charge in [0.15, 0.2) is 0 Å². The number of nitrogens with zero attached hydrogens (tertiary/aromatic N) is 3. The van der Waals surface area contributed by atoms with E-state index in [1.165, 1.54) is 35.5 Å². The number of carbonyl (C=O) groups is 1. The molecule has 0 bridgehead atoms. The SMILES string of the molecule is O=C(Nc1ccc(Cl)c(C(F)(F)F)c1)c1ccc(-n2cncn2)cc1. The lowest BCUT2D eigenvalue weighted by molar-refractivity contribution is -0.137. The van der Waals surface area contributed by atoms with Gasteiger partial charge in [0.1, 0.15) is 12.7 Å². The Morgan fingerprint density at radius 2 is 1.84 bits per heavy atom. The Balaban J connectivity index is 1.78. The van der Waals surface area contributed by atoms with Gasteiger partial charge in [0.05, 0.1) is 16.3 Å². The third-order valence-electron chi connectivity index (χ3n) is 3.34. The van der Waals surface area contributed by atoms with E-state index < -0.39 is 22.7 Å². The molecular formula is C16H10ClF3N4O. The van der Waals surface area contributed by atoms with Crippen molar-refractivity contribution in [3.8, 4) is 5.69 Å². The monoisotopic (exact) mass is 366 g/mol. The molecule has 1 heterocycles. The summed E-state index contributed by atoms with van der Waals surface area (Å²) in [5.41, 5.74) is -0.0251. The molecule has 0 atom stereocenters. The van der Waals surface area contributed by atoms with Crippen LogP contribution >= 0.6 is 11.6 Å². The average Bonchev–Trinajstić information content (AvgIpc) is 3.10. The third kappa shape index (κ3) is 3.80. The van der Waals surface area contributed by atoms with Crippen LogP contribution < -0.4 is 5.32 Å². The van der Waals surface area contributed by atoms with Crippen LogP contribution in [-0.2, 0) is 6.18 Å². The van der Waals surface area contributed by atoms with Gasteiger partial charge in [-0.1, -0.05) is 11.6 Å². The van der Waals surface area contributed by atoms with Crippen molar-refractivity contribution in [2.75, 3.05) is 5.32 Å². The van der Waals surface area contributed by atoms with Crippen LogP contribution in [0.15, 0.2) is 55.1 Å². The first-order chi connectivity index (χ1) is 11.8. The van der Waals surface area contributed by atoms with E-state index in [-0.39, 0.29) is 11.3 Å². The van der Waals surface area contributed by atoms with Gasteiger partial charge in [-0.05, 0) is 42.5 Å². The van der Waals surface area contributed by atoms with Gasteiger partial charge >= 0.3 is 6.18 Å². The standard InChI is InChI=1S/C16H10ClF3N4O/c17-14-6-3-11(7-13(14)16(18,19)20)23-15(25)10-1-4-12(5-2-10)24-9-21-8-22-24/h1-9H,(H,23,25). The van der Waals surface area contributed by atoms with Crippen LogP contribution in [0.5, 0.6) is 0 Å². The summed E-state index contributed by atoms with van der Waals surface area (Å²) in [4.78, 5) is 16.0. The first-order valence-electron chi connectivity index (χ1n) is 6.98. The van der Waals surface area contributed by atoms with Crippen LogP contribution in [0, 0.1) is 0 Å². The maximum atomic E-state index is 12.9. The quantitative estimate of drug-likeness (QED) is 0.756. The smallest absolute Gasteiger partial charge is 0.322 e. The summed E-state index contributed by atoms with van der Waals surface area (Å²) < 4.78 is 40.1. The van der Waals surface area contributed by atoms with Crippen molar-refractivity contribution in [1.82, 2.24) is 14.8 Å². The second-order valence-corrected chi connectivity index (χ2v) is 5.44. The fourth-order valence-electron chi connectivity index (χ4n) is 2.13. The molecule has 0 saturated carbocycles. The largest absolute Gasteiger partial charge is 0.417 e. The molecule has 0 aliphatic heterocycles. The fraction of sp³-hybridized carbons (Fsp3) is 0.0625. The van der Waals surface area contributed by atoms with E-state index in [9.17, 15) is 18.0 Å². The van der Waals surface area contributed by atoms with Crippen molar-refractivity contribution in [2.45, 2.75) is 6.18 Å². The Kier molecular flexibility index (Phi) is 4.45. The molecule has 128 valence electrons. The molecule has 0 radical (unpaired) electrons. The molecule has 1 aromatic heterocycles. The van der Waals surface area contributed by atoms with Crippen LogP contribution in [0.25, 0.3) is 5.69 Å². The number of rotatable bonds is 3. The number of hydrogen-bond donors (Lipinski definition) is 1. The number of hydrogen-bond acceptors (Lipinski definition) is 3. The topological polar surface area (TPSA) is 59.8 Å². The van der Waals surface area contributed by atoms with E-state index in [0.29, 0.717) is 5.69 Å². The van der Waals surface area contributed by atoms with Gasteiger partial charge in [-0.2, -0.15) is 18.3 Å². The zero-order valence-corrected chi connectivity index (χ0v) is 13.2. The number of nitrogens with one attached hydrogen (secondary N) is 1. The molecule has 0 aliphatic rings. The molecule has 2 aromatic carbocycles. The number of alkyl halides is 3. The molecule has 9 heteroatoms. The minimum absolute atomic E-state index is 0.00192. The molecular weight excluding hydrogens is 357 g/mol. The fourth-order valence-corrected chi connectivity index (χ4v) is 2.36. The lowest BCUT2D eigenvalue weighted by Crippen LogP contribution is -2.13. The van der Waals surface area contributed by atoms with Gasteiger partial charge in [0.2, 0.25) is 0 Å². The molecule has 0 fully saturated rings. The Bertz CT molecular complexity index is 893. The van der Waals surface area contributed by atoms with Crippen LogP contribution in [0.3, 0.4) is 0 Å². The van der Waals surface area contributed by atoms with Gasteiger partial charge in [-0.15, -0.1) is 0 Å².